The van der Waals surface area contributed by atoms with E-state index in [0.29, 0.717) is 0 Å². The number of nitrogens with zero attached hydrogens (tertiary/aromatic N) is 3. The second kappa shape index (κ2) is 6.71. The van der Waals surface area contributed by atoms with Crippen LogP contribution in [0.15, 0.2) is 0 Å². The van der Waals surface area contributed by atoms with Gasteiger partial charge < -0.3 is 15.0 Å². The van der Waals surface area contributed by atoms with Crippen LogP contribution in [0.4, 0.5) is 5.13 Å². The van der Waals surface area contributed by atoms with Crippen molar-refractivity contribution in [1.29, 1.82) is 0 Å². The van der Waals surface area contributed by atoms with Crippen LogP contribution in [0.3, 0.4) is 0 Å². The van der Waals surface area contributed by atoms with Crippen molar-refractivity contribution in [2.45, 2.75) is 6.92 Å². The summed E-state index contributed by atoms with van der Waals surface area (Å²) >= 11 is 1.58. The van der Waals surface area contributed by atoms with E-state index in [0.717, 1.165) is 36.4 Å². The summed E-state index contributed by atoms with van der Waals surface area (Å²) in [5.74, 6) is 0. The Balaban J connectivity index is 2.10. The highest BCUT2D eigenvalue weighted by Gasteiger charge is 2.00. The summed E-state index contributed by atoms with van der Waals surface area (Å²) in [6.45, 7) is 5.53. The number of nitrogens with one attached hydrogen (secondary N) is 1. The van der Waals surface area contributed by atoms with Crippen LogP contribution in [0, 0.1) is 6.92 Å². The third kappa shape index (κ3) is 5.06. The quantitative estimate of drug-likeness (QED) is 0.752. The number of rotatable bonds is 7. The molecule has 5 nitrogen and oxygen atoms in total. The minimum atomic E-state index is 0.772. The molecule has 0 aromatic carbocycles. The number of methoxy groups -OCH3 is 1. The lowest BCUT2D eigenvalue weighted by atomic mass is 10.5. The summed E-state index contributed by atoms with van der Waals surface area (Å²) in [6.07, 6.45) is 0. The summed E-state index contributed by atoms with van der Waals surface area (Å²) in [4.78, 5) is 2.21. The largest absolute Gasteiger partial charge is 0.383 e. The zero-order valence-corrected chi connectivity index (χ0v) is 10.3. The Morgan fingerprint density at radius 3 is 2.80 bits per heavy atom. The van der Waals surface area contributed by atoms with Gasteiger partial charge in [0.25, 0.3) is 0 Å². The number of hydrogen-bond donors (Lipinski definition) is 1. The van der Waals surface area contributed by atoms with Crippen LogP contribution in [0.25, 0.3) is 0 Å². The fraction of sp³-hybridized carbons (Fsp3) is 0.778. The highest BCUT2D eigenvalue weighted by Crippen LogP contribution is 2.12. The molecule has 0 aliphatic heterocycles. The van der Waals surface area contributed by atoms with Gasteiger partial charge in [-0.2, -0.15) is 0 Å². The van der Waals surface area contributed by atoms with Crippen LogP contribution in [0.2, 0.25) is 0 Å². The fourth-order valence-corrected chi connectivity index (χ4v) is 1.70. The first-order chi connectivity index (χ1) is 7.22. The van der Waals surface area contributed by atoms with E-state index in [-0.39, 0.29) is 0 Å². The Morgan fingerprint density at radius 1 is 1.40 bits per heavy atom. The molecule has 0 atom stereocenters. The molecule has 1 heterocycles. The predicted octanol–water partition coefficient (Wildman–Crippen LogP) is 0.837. The van der Waals surface area contributed by atoms with Crippen molar-refractivity contribution in [3.05, 3.63) is 5.01 Å². The molecule has 86 valence electrons. The molecule has 15 heavy (non-hydrogen) atoms. The topological polar surface area (TPSA) is 50.3 Å². The molecule has 1 rings (SSSR count). The smallest absolute Gasteiger partial charge is 0.205 e. The van der Waals surface area contributed by atoms with Crippen molar-refractivity contribution in [1.82, 2.24) is 15.1 Å². The van der Waals surface area contributed by atoms with E-state index >= 15 is 0 Å². The molecule has 0 bridgehead atoms. The Hall–Kier alpha value is -0.720. The predicted molar refractivity (Wildman–Crippen MR) is 62.5 cm³/mol. The lowest BCUT2D eigenvalue weighted by molar-refractivity contribution is 0.163. The van der Waals surface area contributed by atoms with Gasteiger partial charge in [0.1, 0.15) is 5.01 Å². The van der Waals surface area contributed by atoms with Crippen molar-refractivity contribution >= 4 is 16.5 Å². The van der Waals surface area contributed by atoms with E-state index in [1.165, 1.54) is 0 Å². The number of likely N-dealkylation sites (N-methyl/N-ethyl adjacent to an activating group) is 1. The molecule has 0 unspecified atom stereocenters. The standard InChI is InChI=1S/C9H18N4OS/c1-8-11-12-9(15-8)10-4-5-13(2)6-7-14-3/h4-7H2,1-3H3,(H,10,12). The minimum absolute atomic E-state index is 0.772. The second-order valence-electron chi connectivity index (χ2n) is 3.35. The maximum Gasteiger partial charge on any atom is 0.205 e. The number of hydrogen-bond acceptors (Lipinski definition) is 6. The van der Waals surface area contributed by atoms with E-state index in [2.05, 4.69) is 27.5 Å². The third-order valence-corrected chi connectivity index (χ3v) is 2.77. The number of anilines is 1. The maximum atomic E-state index is 5.00. The molecule has 0 fully saturated rings. The third-order valence-electron chi connectivity index (χ3n) is 1.97. The first kappa shape index (κ1) is 12.4. The van der Waals surface area contributed by atoms with Crippen molar-refractivity contribution < 1.29 is 4.74 Å². The summed E-state index contributed by atoms with van der Waals surface area (Å²) in [7, 11) is 3.79. The monoisotopic (exact) mass is 230 g/mol. The van der Waals surface area contributed by atoms with Crippen molar-refractivity contribution in [3.63, 3.8) is 0 Å². The zero-order valence-electron chi connectivity index (χ0n) is 9.49. The molecule has 0 spiro atoms. The van der Waals surface area contributed by atoms with Gasteiger partial charge in [0.05, 0.1) is 6.61 Å². The lowest BCUT2D eigenvalue weighted by Crippen LogP contribution is -2.28. The normalized spacial score (nSPS) is 10.9. The van der Waals surface area contributed by atoms with Crippen molar-refractivity contribution in [2.75, 3.05) is 45.7 Å². The van der Waals surface area contributed by atoms with E-state index in [9.17, 15) is 0 Å². The summed E-state index contributed by atoms with van der Waals surface area (Å²) in [5, 5.41) is 13.0. The highest BCUT2D eigenvalue weighted by molar-refractivity contribution is 7.15. The molecular formula is C9H18N4OS. The molecule has 0 aliphatic carbocycles. The van der Waals surface area contributed by atoms with Crippen LogP contribution in [0.1, 0.15) is 5.01 Å². The number of ether oxygens (including phenoxy) is 1. The van der Waals surface area contributed by atoms with Crippen molar-refractivity contribution in [3.8, 4) is 0 Å². The second-order valence-corrected chi connectivity index (χ2v) is 4.53. The molecule has 6 heteroatoms. The Bertz CT molecular complexity index is 279. The van der Waals surface area contributed by atoms with E-state index in [4.69, 9.17) is 4.74 Å². The van der Waals surface area contributed by atoms with Gasteiger partial charge in [-0.3, -0.25) is 0 Å². The van der Waals surface area contributed by atoms with Crippen LogP contribution in [0.5, 0.6) is 0 Å². The van der Waals surface area contributed by atoms with Gasteiger partial charge in [0, 0.05) is 26.7 Å². The molecule has 0 amide bonds. The summed E-state index contributed by atoms with van der Waals surface area (Å²) in [5.41, 5.74) is 0. The maximum absolute atomic E-state index is 5.00. The van der Waals surface area contributed by atoms with Gasteiger partial charge >= 0.3 is 0 Å². The molecule has 0 aliphatic rings. The van der Waals surface area contributed by atoms with Gasteiger partial charge in [0.2, 0.25) is 5.13 Å². The number of aromatic nitrogens is 2. The molecule has 1 N–H and O–H groups in total. The van der Waals surface area contributed by atoms with Crippen LogP contribution in [-0.2, 0) is 4.74 Å². The van der Waals surface area contributed by atoms with E-state index in [1.807, 2.05) is 6.92 Å². The molecule has 1 aromatic rings. The van der Waals surface area contributed by atoms with Crippen LogP contribution >= 0.6 is 11.3 Å². The van der Waals surface area contributed by atoms with Crippen LogP contribution < -0.4 is 5.32 Å². The molecule has 1 aromatic heterocycles. The van der Waals surface area contributed by atoms with Gasteiger partial charge in [0.15, 0.2) is 0 Å². The highest BCUT2D eigenvalue weighted by atomic mass is 32.1. The number of aryl methyl sites for hydroxylation is 1. The minimum Gasteiger partial charge on any atom is -0.383 e. The summed E-state index contributed by atoms with van der Waals surface area (Å²) in [6, 6.07) is 0. The van der Waals surface area contributed by atoms with Gasteiger partial charge in [-0.15, -0.1) is 10.2 Å². The van der Waals surface area contributed by atoms with E-state index < -0.39 is 0 Å². The van der Waals surface area contributed by atoms with Gasteiger partial charge in [-0.05, 0) is 14.0 Å². The average Bonchev–Trinajstić information content (AvgIpc) is 2.61. The Morgan fingerprint density at radius 2 is 2.20 bits per heavy atom. The SMILES string of the molecule is COCCN(C)CCNc1nnc(C)s1. The Labute approximate surface area is 94.5 Å². The lowest BCUT2D eigenvalue weighted by Gasteiger charge is -2.15. The van der Waals surface area contributed by atoms with Gasteiger partial charge in [-0.1, -0.05) is 11.3 Å². The zero-order chi connectivity index (χ0) is 11.1. The first-order valence-corrected chi connectivity index (χ1v) is 5.75. The molecule has 0 saturated heterocycles. The Kier molecular flexibility index (Phi) is 5.52. The van der Waals surface area contributed by atoms with Crippen LogP contribution in [-0.4, -0.2) is 55.5 Å². The average molecular weight is 230 g/mol. The summed E-state index contributed by atoms with van der Waals surface area (Å²) < 4.78 is 5.00. The molecule has 0 radical (unpaired) electrons. The fourth-order valence-electron chi connectivity index (χ4n) is 1.08. The van der Waals surface area contributed by atoms with Gasteiger partial charge in [-0.25, -0.2) is 0 Å². The van der Waals surface area contributed by atoms with E-state index in [1.54, 1.807) is 18.4 Å². The molecular weight excluding hydrogens is 212 g/mol. The first-order valence-electron chi connectivity index (χ1n) is 4.94. The van der Waals surface area contributed by atoms with Crippen molar-refractivity contribution in [2.24, 2.45) is 0 Å². The molecule has 0 saturated carbocycles.